The molecular formula is C23H32N2O4S. The molecule has 0 aromatic heterocycles. The van der Waals surface area contributed by atoms with Gasteiger partial charge in [-0.05, 0) is 98.8 Å². The SMILES string of the molecule is O=C(NCC12CC3CC(CC(C3)C1)C2)c1ccc(S(=O)(=O)NC[C@H]2CCCO2)cc1. The maximum absolute atomic E-state index is 12.7. The van der Waals surface area contributed by atoms with Gasteiger partial charge in [0.2, 0.25) is 10.0 Å². The van der Waals surface area contributed by atoms with E-state index < -0.39 is 10.0 Å². The van der Waals surface area contributed by atoms with Crippen LogP contribution in [0.4, 0.5) is 0 Å². The van der Waals surface area contributed by atoms with Gasteiger partial charge in [-0.15, -0.1) is 0 Å². The molecule has 2 N–H and O–H groups in total. The molecular weight excluding hydrogens is 400 g/mol. The van der Waals surface area contributed by atoms with Gasteiger partial charge < -0.3 is 10.1 Å². The smallest absolute Gasteiger partial charge is 0.251 e. The monoisotopic (exact) mass is 432 g/mol. The van der Waals surface area contributed by atoms with Crippen LogP contribution in [0.5, 0.6) is 0 Å². The van der Waals surface area contributed by atoms with E-state index in [2.05, 4.69) is 10.0 Å². The van der Waals surface area contributed by atoms with Gasteiger partial charge in [-0.1, -0.05) is 0 Å². The fourth-order valence-corrected chi connectivity index (χ4v) is 7.82. The molecule has 5 fully saturated rings. The minimum absolute atomic E-state index is 0.0468. The molecule has 4 aliphatic carbocycles. The lowest BCUT2D eigenvalue weighted by Gasteiger charge is -2.56. The molecule has 5 aliphatic rings. The van der Waals surface area contributed by atoms with Crippen LogP contribution in [0.15, 0.2) is 29.2 Å². The van der Waals surface area contributed by atoms with Crippen LogP contribution in [0.2, 0.25) is 0 Å². The summed E-state index contributed by atoms with van der Waals surface area (Å²) in [6.07, 6.45) is 9.75. The van der Waals surface area contributed by atoms with Crippen LogP contribution in [0.3, 0.4) is 0 Å². The molecule has 164 valence electrons. The first kappa shape index (κ1) is 20.5. The van der Waals surface area contributed by atoms with E-state index in [1.165, 1.54) is 50.7 Å². The van der Waals surface area contributed by atoms with E-state index in [4.69, 9.17) is 4.74 Å². The van der Waals surface area contributed by atoms with Gasteiger partial charge in [0.15, 0.2) is 0 Å². The number of sulfonamides is 1. The van der Waals surface area contributed by atoms with Crippen molar-refractivity contribution < 1.29 is 17.9 Å². The van der Waals surface area contributed by atoms with Crippen LogP contribution in [-0.2, 0) is 14.8 Å². The Morgan fingerprint density at radius 2 is 1.67 bits per heavy atom. The number of ether oxygens (including phenoxy) is 1. The van der Waals surface area contributed by atoms with Gasteiger partial charge in [0.25, 0.3) is 5.91 Å². The molecule has 1 atom stereocenters. The van der Waals surface area contributed by atoms with Crippen molar-refractivity contribution in [3.8, 4) is 0 Å². The highest BCUT2D eigenvalue weighted by molar-refractivity contribution is 7.89. The summed E-state index contributed by atoms with van der Waals surface area (Å²) in [6, 6.07) is 6.24. The van der Waals surface area contributed by atoms with Crippen molar-refractivity contribution in [2.75, 3.05) is 19.7 Å². The summed E-state index contributed by atoms with van der Waals surface area (Å²) in [5, 5.41) is 3.16. The van der Waals surface area contributed by atoms with E-state index in [1.807, 2.05) is 0 Å². The molecule has 6 rings (SSSR count). The van der Waals surface area contributed by atoms with Crippen molar-refractivity contribution in [1.29, 1.82) is 0 Å². The molecule has 1 aliphatic heterocycles. The summed E-state index contributed by atoms with van der Waals surface area (Å²) in [5.74, 6) is 2.47. The number of carbonyl (C=O) groups is 1. The third-order valence-electron chi connectivity index (χ3n) is 7.74. The fraction of sp³-hybridized carbons (Fsp3) is 0.696. The molecule has 4 saturated carbocycles. The van der Waals surface area contributed by atoms with Gasteiger partial charge in [-0.3, -0.25) is 4.79 Å². The summed E-state index contributed by atoms with van der Waals surface area (Å²) >= 11 is 0. The number of benzene rings is 1. The van der Waals surface area contributed by atoms with Gasteiger partial charge in [-0.2, -0.15) is 0 Å². The molecule has 6 nitrogen and oxygen atoms in total. The Kier molecular flexibility index (Phi) is 5.40. The Morgan fingerprint density at radius 3 is 2.23 bits per heavy atom. The molecule has 1 amide bonds. The molecule has 0 unspecified atom stereocenters. The third kappa shape index (κ3) is 4.16. The predicted octanol–water partition coefficient (Wildman–Crippen LogP) is 3.09. The van der Waals surface area contributed by atoms with Gasteiger partial charge in [0, 0.05) is 25.3 Å². The van der Waals surface area contributed by atoms with Crippen LogP contribution in [0, 0.1) is 23.2 Å². The van der Waals surface area contributed by atoms with Gasteiger partial charge in [-0.25, -0.2) is 13.1 Å². The summed E-state index contributed by atoms with van der Waals surface area (Å²) in [6.45, 7) is 1.73. The summed E-state index contributed by atoms with van der Waals surface area (Å²) in [4.78, 5) is 12.9. The number of carbonyl (C=O) groups excluding carboxylic acids is 1. The largest absolute Gasteiger partial charge is 0.377 e. The second-order valence-electron chi connectivity index (χ2n) is 10.1. The molecule has 0 spiro atoms. The predicted molar refractivity (Wildman–Crippen MR) is 114 cm³/mol. The first-order valence-electron chi connectivity index (χ1n) is 11.4. The van der Waals surface area contributed by atoms with Gasteiger partial charge >= 0.3 is 0 Å². The van der Waals surface area contributed by atoms with Gasteiger partial charge in [0.1, 0.15) is 0 Å². The average molecular weight is 433 g/mol. The lowest BCUT2D eigenvalue weighted by Crippen LogP contribution is -2.51. The fourth-order valence-electron chi connectivity index (χ4n) is 6.75. The number of nitrogens with one attached hydrogen (secondary N) is 2. The Morgan fingerprint density at radius 1 is 1.03 bits per heavy atom. The zero-order chi connectivity index (χ0) is 20.8. The van der Waals surface area contributed by atoms with E-state index in [1.54, 1.807) is 12.1 Å². The van der Waals surface area contributed by atoms with Crippen LogP contribution in [-0.4, -0.2) is 40.1 Å². The molecule has 30 heavy (non-hydrogen) atoms. The second-order valence-corrected chi connectivity index (χ2v) is 11.9. The van der Waals surface area contributed by atoms with Crippen molar-refractivity contribution in [2.24, 2.45) is 23.2 Å². The Balaban J connectivity index is 1.17. The van der Waals surface area contributed by atoms with Crippen molar-refractivity contribution in [3.05, 3.63) is 29.8 Å². The van der Waals surface area contributed by atoms with E-state index in [0.29, 0.717) is 17.6 Å². The highest BCUT2D eigenvalue weighted by Gasteiger charge is 2.50. The van der Waals surface area contributed by atoms with Gasteiger partial charge in [0.05, 0.1) is 11.0 Å². The van der Waals surface area contributed by atoms with Crippen LogP contribution < -0.4 is 10.0 Å². The Hall–Kier alpha value is -1.44. The molecule has 1 heterocycles. The maximum Gasteiger partial charge on any atom is 0.251 e. The minimum atomic E-state index is -3.59. The molecule has 7 heteroatoms. The quantitative estimate of drug-likeness (QED) is 0.693. The Labute approximate surface area is 179 Å². The Bertz CT molecular complexity index is 855. The van der Waals surface area contributed by atoms with Crippen molar-refractivity contribution in [2.45, 2.75) is 62.4 Å². The van der Waals surface area contributed by atoms with E-state index >= 15 is 0 Å². The zero-order valence-corrected chi connectivity index (χ0v) is 18.3. The summed E-state index contributed by atoms with van der Waals surface area (Å²) in [5.41, 5.74) is 0.803. The minimum Gasteiger partial charge on any atom is -0.377 e. The molecule has 0 radical (unpaired) electrons. The highest BCUT2D eigenvalue weighted by Crippen LogP contribution is 2.59. The molecule has 4 bridgehead atoms. The van der Waals surface area contributed by atoms with E-state index in [0.717, 1.165) is 37.1 Å². The zero-order valence-electron chi connectivity index (χ0n) is 17.4. The molecule has 1 saturated heterocycles. The summed E-state index contributed by atoms with van der Waals surface area (Å²) < 4.78 is 33.1. The van der Waals surface area contributed by atoms with Crippen LogP contribution in [0.1, 0.15) is 61.7 Å². The number of amides is 1. The molecule has 1 aromatic carbocycles. The van der Waals surface area contributed by atoms with Crippen molar-refractivity contribution >= 4 is 15.9 Å². The standard InChI is InChI=1S/C23H32N2O4S/c26-22(24-15-23-11-16-8-17(12-23)10-18(9-16)13-23)19-3-5-21(6-4-19)30(27,28)25-14-20-2-1-7-29-20/h3-6,16-18,20,25H,1-2,7-15H2,(H,24,26)/t16?,17?,18?,20-,23?/m1/s1. The van der Waals surface area contributed by atoms with E-state index in [-0.39, 0.29) is 23.5 Å². The topological polar surface area (TPSA) is 84.5 Å². The summed E-state index contributed by atoms with van der Waals surface area (Å²) in [7, 11) is -3.59. The van der Waals surface area contributed by atoms with Crippen LogP contribution in [0.25, 0.3) is 0 Å². The third-order valence-corrected chi connectivity index (χ3v) is 9.18. The number of hydrogen-bond donors (Lipinski definition) is 2. The number of rotatable bonds is 7. The number of hydrogen-bond acceptors (Lipinski definition) is 4. The molecule has 1 aromatic rings. The lowest BCUT2D eigenvalue weighted by molar-refractivity contribution is -0.0503. The maximum atomic E-state index is 12.7. The first-order valence-corrected chi connectivity index (χ1v) is 12.9. The van der Waals surface area contributed by atoms with Crippen LogP contribution >= 0.6 is 0 Å². The normalized spacial score (nSPS) is 34.9. The highest BCUT2D eigenvalue weighted by atomic mass is 32.2. The second kappa shape index (κ2) is 7.92. The van der Waals surface area contributed by atoms with E-state index in [9.17, 15) is 13.2 Å². The average Bonchev–Trinajstić information content (AvgIpc) is 3.24. The lowest BCUT2D eigenvalue weighted by atomic mass is 9.49. The van der Waals surface area contributed by atoms with Crippen molar-refractivity contribution in [3.63, 3.8) is 0 Å². The van der Waals surface area contributed by atoms with Crippen molar-refractivity contribution in [1.82, 2.24) is 10.0 Å². The first-order chi connectivity index (χ1) is 14.4.